The third-order valence-electron chi connectivity index (χ3n) is 3.02. The van der Waals surface area contributed by atoms with Crippen molar-refractivity contribution < 1.29 is 14.7 Å². The smallest absolute Gasteiger partial charge is 0.305 e. The minimum atomic E-state index is -0.924. The summed E-state index contributed by atoms with van der Waals surface area (Å²) in [6.45, 7) is 3.58. The second-order valence-corrected chi connectivity index (χ2v) is 5.28. The van der Waals surface area contributed by atoms with Crippen LogP contribution in [0, 0.1) is 0 Å². The number of carboxylic acid groups (broad SMARTS) is 1. The van der Waals surface area contributed by atoms with Crippen LogP contribution >= 0.6 is 11.6 Å². The molecule has 0 heterocycles. The predicted octanol–water partition coefficient (Wildman–Crippen LogP) is 2.64. The van der Waals surface area contributed by atoms with Crippen molar-refractivity contribution in [3.05, 3.63) is 34.9 Å². The molecule has 1 atom stereocenters. The second-order valence-electron chi connectivity index (χ2n) is 4.84. The molecule has 0 fully saturated rings. The number of carbonyl (C=O) groups is 2. The van der Waals surface area contributed by atoms with Crippen LogP contribution < -0.4 is 5.32 Å². The van der Waals surface area contributed by atoms with Crippen LogP contribution in [0.2, 0.25) is 5.02 Å². The van der Waals surface area contributed by atoms with Gasteiger partial charge < -0.3 is 10.4 Å². The molecular formula is C14H18ClNO3. The van der Waals surface area contributed by atoms with Crippen LogP contribution in [0.5, 0.6) is 0 Å². The lowest BCUT2D eigenvalue weighted by atomic mass is 9.94. The third kappa shape index (κ3) is 5.30. The van der Waals surface area contributed by atoms with Gasteiger partial charge in [-0.05, 0) is 31.0 Å². The Labute approximate surface area is 117 Å². The number of hydrogen-bond donors (Lipinski definition) is 2. The van der Waals surface area contributed by atoms with Crippen molar-refractivity contribution in [2.75, 3.05) is 0 Å². The number of aliphatic carboxylic acids is 1. The van der Waals surface area contributed by atoms with Gasteiger partial charge in [0.15, 0.2) is 0 Å². The molecule has 19 heavy (non-hydrogen) atoms. The Hall–Kier alpha value is -1.55. The maximum Gasteiger partial charge on any atom is 0.305 e. The third-order valence-corrected chi connectivity index (χ3v) is 3.25. The Kier molecular flexibility index (Phi) is 5.36. The standard InChI is InChI=1S/C14H18ClNO3/c1-3-14(2,9-13(18)19)16-12(17)8-10-5-4-6-11(15)7-10/h4-7H,3,8-9H2,1-2H3,(H,16,17)(H,18,19)/t14-/m1/s1. The summed E-state index contributed by atoms with van der Waals surface area (Å²) in [6, 6.07) is 7.05. The Balaban J connectivity index is 2.66. The molecule has 2 N–H and O–H groups in total. The number of hydrogen-bond acceptors (Lipinski definition) is 2. The van der Waals surface area contributed by atoms with Gasteiger partial charge in [0.05, 0.1) is 12.8 Å². The van der Waals surface area contributed by atoms with E-state index in [0.717, 1.165) is 5.56 Å². The Morgan fingerprint density at radius 3 is 2.63 bits per heavy atom. The predicted molar refractivity (Wildman–Crippen MR) is 74.2 cm³/mol. The maximum atomic E-state index is 11.9. The van der Waals surface area contributed by atoms with E-state index in [9.17, 15) is 9.59 Å². The molecule has 1 rings (SSSR count). The van der Waals surface area contributed by atoms with E-state index in [4.69, 9.17) is 16.7 Å². The molecule has 5 heteroatoms. The highest BCUT2D eigenvalue weighted by atomic mass is 35.5. The first-order valence-corrected chi connectivity index (χ1v) is 6.50. The first-order valence-electron chi connectivity index (χ1n) is 6.12. The Bertz CT molecular complexity index is 476. The van der Waals surface area contributed by atoms with Gasteiger partial charge in [-0.3, -0.25) is 9.59 Å². The highest BCUT2D eigenvalue weighted by molar-refractivity contribution is 6.30. The molecule has 0 aliphatic rings. The van der Waals surface area contributed by atoms with Gasteiger partial charge in [-0.25, -0.2) is 0 Å². The molecule has 0 radical (unpaired) electrons. The van der Waals surface area contributed by atoms with Crippen molar-refractivity contribution in [3.8, 4) is 0 Å². The van der Waals surface area contributed by atoms with Crippen molar-refractivity contribution in [1.29, 1.82) is 0 Å². The van der Waals surface area contributed by atoms with Crippen molar-refractivity contribution in [2.45, 2.75) is 38.6 Å². The summed E-state index contributed by atoms with van der Waals surface area (Å²) in [4.78, 5) is 22.7. The second kappa shape index (κ2) is 6.57. The molecule has 4 nitrogen and oxygen atoms in total. The Morgan fingerprint density at radius 1 is 1.42 bits per heavy atom. The van der Waals surface area contributed by atoms with Crippen molar-refractivity contribution in [2.24, 2.45) is 0 Å². The van der Waals surface area contributed by atoms with Crippen molar-refractivity contribution in [1.82, 2.24) is 5.32 Å². The van der Waals surface area contributed by atoms with Gasteiger partial charge in [0.1, 0.15) is 0 Å². The molecule has 0 saturated heterocycles. The lowest BCUT2D eigenvalue weighted by molar-refractivity contribution is -0.139. The molecule has 1 aromatic rings. The lowest BCUT2D eigenvalue weighted by Crippen LogP contribution is -2.47. The van der Waals surface area contributed by atoms with E-state index in [1.165, 1.54) is 0 Å². The van der Waals surface area contributed by atoms with Gasteiger partial charge in [-0.15, -0.1) is 0 Å². The monoisotopic (exact) mass is 283 g/mol. The zero-order chi connectivity index (χ0) is 14.5. The van der Waals surface area contributed by atoms with Crippen LogP contribution in [-0.2, 0) is 16.0 Å². The molecule has 0 spiro atoms. The van der Waals surface area contributed by atoms with Crippen LogP contribution in [-0.4, -0.2) is 22.5 Å². The zero-order valence-electron chi connectivity index (χ0n) is 11.1. The molecule has 104 valence electrons. The molecule has 0 unspecified atom stereocenters. The summed E-state index contributed by atoms with van der Waals surface area (Å²) in [5, 5.41) is 12.2. The topological polar surface area (TPSA) is 66.4 Å². The first-order chi connectivity index (χ1) is 8.84. The van der Waals surface area contributed by atoms with E-state index in [2.05, 4.69) is 5.32 Å². The number of carboxylic acids is 1. The summed E-state index contributed by atoms with van der Waals surface area (Å²) < 4.78 is 0. The fraction of sp³-hybridized carbons (Fsp3) is 0.429. The SMILES string of the molecule is CC[C@](C)(CC(=O)O)NC(=O)Cc1cccc(Cl)c1. The van der Waals surface area contributed by atoms with E-state index >= 15 is 0 Å². The van der Waals surface area contributed by atoms with Gasteiger partial charge >= 0.3 is 5.97 Å². The number of rotatable bonds is 6. The van der Waals surface area contributed by atoms with E-state index in [1.54, 1.807) is 25.1 Å². The van der Waals surface area contributed by atoms with Gasteiger partial charge in [-0.1, -0.05) is 30.7 Å². The fourth-order valence-corrected chi connectivity index (χ4v) is 2.02. The first kappa shape index (κ1) is 15.5. The van der Waals surface area contributed by atoms with Gasteiger partial charge in [0, 0.05) is 10.6 Å². The molecule has 0 aliphatic carbocycles. The van der Waals surface area contributed by atoms with E-state index < -0.39 is 11.5 Å². The lowest BCUT2D eigenvalue weighted by Gasteiger charge is -2.28. The minimum Gasteiger partial charge on any atom is -0.481 e. The number of nitrogens with one attached hydrogen (secondary N) is 1. The van der Waals surface area contributed by atoms with E-state index in [-0.39, 0.29) is 18.7 Å². The van der Waals surface area contributed by atoms with Crippen LogP contribution in [0.3, 0.4) is 0 Å². The van der Waals surface area contributed by atoms with Gasteiger partial charge in [0.25, 0.3) is 0 Å². The highest BCUT2D eigenvalue weighted by Gasteiger charge is 2.27. The number of amides is 1. The summed E-state index contributed by atoms with van der Waals surface area (Å²) >= 11 is 5.85. The van der Waals surface area contributed by atoms with Crippen LogP contribution in [0.25, 0.3) is 0 Å². The minimum absolute atomic E-state index is 0.0925. The fourth-order valence-electron chi connectivity index (χ4n) is 1.80. The molecule has 0 saturated carbocycles. The largest absolute Gasteiger partial charge is 0.481 e. The maximum absolute atomic E-state index is 11.9. The van der Waals surface area contributed by atoms with Crippen LogP contribution in [0.15, 0.2) is 24.3 Å². The molecule has 0 aliphatic heterocycles. The average Bonchev–Trinajstić information content (AvgIpc) is 2.27. The molecule has 1 amide bonds. The van der Waals surface area contributed by atoms with Crippen LogP contribution in [0.1, 0.15) is 32.3 Å². The van der Waals surface area contributed by atoms with Gasteiger partial charge in [-0.2, -0.15) is 0 Å². The summed E-state index contributed by atoms with van der Waals surface area (Å²) in [7, 11) is 0. The van der Waals surface area contributed by atoms with Crippen molar-refractivity contribution >= 4 is 23.5 Å². The van der Waals surface area contributed by atoms with Crippen molar-refractivity contribution in [3.63, 3.8) is 0 Å². The number of carbonyl (C=O) groups excluding carboxylic acids is 1. The summed E-state index contributed by atoms with van der Waals surface area (Å²) in [5.41, 5.74) is 0.0837. The highest BCUT2D eigenvalue weighted by Crippen LogP contribution is 2.16. The number of halogens is 1. The molecule has 0 bridgehead atoms. The molecule has 1 aromatic carbocycles. The van der Waals surface area contributed by atoms with Crippen LogP contribution in [0.4, 0.5) is 0 Å². The average molecular weight is 284 g/mol. The zero-order valence-corrected chi connectivity index (χ0v) is 11.8. The molecule has 0 aromatic heterocycles. The van der Waals surface area contributed by atoms with Gasteiger partial charge in [0.2, 0.25) is 5.91 Å². The van der Waals surface area contributed by atoms with E-state index in [1.807, 2.05) is 13.0 Å². The summed E-state index contributed by atoms with van der Waals surface area (Å²) in [5.74, 6) is -1.12. The molecular weight excluding hydrogens is 266 g/mol. The quantitative estimate of drug-likeness (QED) is 0.843. The van der Waals surface area contributed by atoms with E-state index in [0.29, 0.717) is 11.4 Å². The summed E-state index contributed by atoms with van der Waals surface area (Å²) in [6.07, 6.45) is 0.654. The number of benzene rings is 1. The normalized spacial score (nSPS) is 13.6. The Morgan fingerprint density at radius 2 is 2.11 bits per heavy atom.